The number of halogens is 2. The number of amides is 2. The van der Waals surface area contributed by atoms with Gasteiger partial charge in [0.2, 0.25) is 11.8 Å². The molecule has 7 heteroatoms. The first-order valence-electron chi connectivity index (χ1n) is 8.32. The van der Waals surface area contributed by atoms with Gasteiger partial charge in [-0.15, -0.1) is 11.8 Å². The van der Waals surface area contributed by atoms with Gasteiger partial charge in [0.15, 0.2) is 0 Å². The summed E-state index contributed by atoms with van der Waals surface area (Å²) in [6.07, 6.45) is 1.83. The van der Waals surface area contributed by atoms with Gasteiger partial charge >= 0.3 is 0 Å². The van der Waals surface area contributed by atoms with Crippen LogP contribution < -0.4 is 10.2 Å². The minimum absolute atomic E-state index is 0.00117. The van der Waals surface area contributed by atoms with E-state index in [0.29, 0.717) is 5.69 Å². The fourth-order valence-corrected chi connectivity index (χ4v) is 4.13. The molecule has 2 fully saturated rings. The zero-order valence-corrected chi connectivity index (χ0v) is 14.6. The van der Waals surface area contributed by atoms with Gasteiger partial charge in [-0.1, -0.05) is 12.1 Å². The standard InChI is InChI=1S/C19H16F2N2O2S/c20-13-6-7-16(15(21)9-13)23-17(24)10-26-19(23)12-2-1-3-14(8-12)22-18(25)11-4-5-11/h1-3,6-9,11,19H,4-5,10H2,(H,22,25). The minimum Gasteiger partial charge on any atom is -0.326 e. The molecule has 0 radical (unpaired) electrons. The van der Waals surface area contributed by atoms with E-state index in [1.807, 2.05) is 6.07 Å². The van der Waals surface area contributed by atoms with E-state index in [9.17, 15) is 18.4 Å². The minimum atomic E-state index is -0.774. The van der Waals surface area contributed by atoms with Crippen LogP contribution in [0.1, 0.15) is 23.8 Å². The smallest absolute Gasteiger partial charge is 0.238 e. The summed E-state index contributed by atoms with van der Waals surface area (Å²) in [5, 5.41) is 2.45. The zero-order chi connectivity index (χ0) is 18.3. The first-order valence-corrected chi connectivity index (χ1v) is 9.37. The van der Waals surface area contributed by atoms with Crippen molar-refractivity contribution < 1.29 is 18.4 Å². The van der Waals surface area contributed by atoms with Crippen LogP contribution in [0, 0.1) is 17.6 Å². The highest BCUT2D eigenvalue weighted by Gasteiger charge is 2.36. The number of rotatable bonds is 4. The zero-order valence-electron chi connectivity index (χ0n) is 13.7. The molecule has 1 saturated heterocycles. The molecule has 0 spiro atoms. The predicted molar refractivity (Wildman–Crippen MR) is 96.8 cm³/mol. The van der Waals surface area contributed by atoms with Crippen molar-refractivity contribution in [3.05, 3.63) is 59.7 Å². The van der Waals surface area contributed by atoms with Crippen LogP contribution in [0.25, 0.3) is 0 Å². The number of hydrogen-bond donors (Lipinski definition) is 1. The number of anilines is 2. The molecule has 0 aromatic heterocycles. The second-order valence-electron chi connectivity index (χ2n) is 6.41. The lowest BCUT2D eigenvalue weighted by molar-refractivity contribution is -0.117. The van der Waals surface area contributed by atoms with E-state index < -0.39 is 17.0 Å². The highest BCUT2D eigenvalue weighted by Crippen LogP contribution is 2.43. The number of thioether (sulfide) groups is 1. The molecule has 1 atom stereocenters. The largest absolute Gasteiger partial charge is 0.326 e. The predicted octanol–water partition coefficient (Wildman–Crippen LogP) is 4.09. The van der Waals surface area contributed by atoms with Crippen molar-refractivity contribution >= 4 is 35.0 Å². The van der Waals surface area contributed by atoms with Gasteiger partial charge in [0.1, 0.15) is 17.0 Å². The van der Waals surface area contributed by atoms with Crippen molar-refractivity contribution in [1.29, 1.82) is 0 Å². The van der Waals surface area contributed by atoms with Gasteiger partial charge in [-0.25, -0.2) is 8.78 Å². The lowest BCUT2D eigenvalue weighted by atomic mass is 10.1. The van der Waals surface area contributed by atoms with Crippen molar-refractivity contribution in [3.63, 3.8) is 0 Å². The molecule has 2 aromatic rings. The molecule has 1 heterocycles. The quantitative estimate of drug-likeness (QED) is 0.877. The Labute approximate surface area is 153 Å². The topological polar surface area (TPSA) is 49.4 Å². The Morgan fingerprint density at radius 3 is 2.69 bits per heavy atom. The Bertz CT molecular complexity index is 886. The summed E-state index contributed by atoms with van der Waals surface area (Å²) < 4.78 is 27.4. The van der Waals surface area contributed by atoms with Crippen molar-refractivity contribution in [2.45, 2.75) is 18.2 Å². The molecule has 1 aliphatic heterocycles. The maximum Gasteiger partial charge on any atom is 0.238 e. The van der Waals surface area contributed by atoms with Gasteiger partial charge in [-0.2, -0.15) is 0 Å². The summed E-state index contributed by atoms with van der Waals surface area (Å²) in [7, 11) is 0. The summed E-state index contributed by atoms with van der Waals surface area (Å²) in [5.41, 5.74) is 1.48. The van der Waals surface area contributed by atoms with Crippen molar-refractivity contribution in [1.82, 2.24) is 0 Å². The third-order valence-electron chi connectivity index (χ3n) is 4.42. The van der Waals surface area contributed by atoms with E-state index >= 15 is 0 Å². The van der Waals surface area contributed by atoms with E-state index in [0.717, 1.165) is 30.5 Å². The van der Waals surface area contributed by atoms with Gasteiger partial charge < -0.3 is 5.32 Å². The fourth-order valence-electron chi connectivity index (χ4n) is 2.97. The average molecular weight is 374 g/mol. The second-order valence-corrected chi connectivity index (χ2v) is 7.48. The Hall–Kier alpha value is -2.41. The van der Waals surface area contributed by atoms with E-state index in [4.69, 9.17) is 0 Å². The lowest BCUT2D eigenvalue weighted by Gasteiger charge is -2.25. The molecular formula is C19H16F2N2O2S. The summed E-state index contributed by atoms with van der Waals surface area (Å²) in [6, 6.07) is 10.4. The van der Waals surface area contributed by atoms with Gasteiger partial charge in [0, 0.05) is 17.7 Å². The molecule has 2 aliphatic rings. The van der Waals surface area contributed by atoms with Crippen LogP contribution in [0.4, 0.5) is 20.2 Å². The van der Waals surface area contributed by atoms with Crippen molar-refractivity contribution in [3.8, 4) is 0 Å². The highest BCUT2D eigenvalue weighted by atomic mass is 32.2. The van der Waals surface area contributed by atoms with Gasteiger partial charge in [0.25, 0.3) is 0 Å². The van der Waals surface area contributed by atoms with Crippen molar-refractivity contribution in [2.75, 3.05) is 16.0 Å². The van der Waals surface area contributed by atoms with Crippen LogP contribution in [-0.4, -0.2) is 17.6 Å². The molecule has 4 rings (SSSR count). The SMILES string of the molecule is O=C(Nc1cccc(C2SCC(=O)N2c2ccc(F)cc2F)c1)C1CC1. The molecule has 4 nitrogen and oxygen atoms in total. The molecule has 1 unspecified atom stereocenters. The van der Waals surface area contributed by atoms with E-state index in [2.05, 4.69) is 5.32 Å². The first kappa shape index (κ1) is 17.0. The third-order valence-corrected chi connectivity index (χ3v) is 5.64. The van der Waals surface area contributed by atoms with Gasteiger partial charge in [-0.05, 0) is 42.7 Å². The van der Waals surface area contributed by atoms with E-state index in [1.54, 1.807) is 18.2 Å². The number of nitrogens with one attached hydrogen (secondary N) is 1. The maximum absolute atomic E-state index is 14.2. The second kappa shape index (κ2) is 6.72. The summed E-state index contributed by atoms with van der Waals surface area (Å²) >= 11 is 1.37. The molecule has 1 saturated carbocycles. The van der Waals surface area contributed by atoms with E-state index in [-0.39, 0.29) is 29.2 Å². The summed E-state index contributed by atoms with van der Waals surface area (Å²) in [6.45, 7) is 0. The Balaban J connectivity index is 1.63. The Kier molecular flexibility index (Phi) is 4.40. The Morgan fingerprint density at radius 1 is 1.15 bits per heavy atom. The third kappa shape index (κ3) is 3.31. The summed E-state index contributed by atoms with van der Waals surface area (Å²) in [4.78, 5) is 25.6. The van der Waals surface area contributed by atoms with Crippen LogP contribution in [0.2, 0.25) is 0 Å². The molecule has 1 N–H and O–H groups in total. The molecule has 2 aromatic carbocycles. The number of nitrogens with zero attached hydrogens (tertiary/aromatic N) is 1. The molecule has 0 bridgehead atoms. The lowest BCUT2D eigenvalue weighted by Crippen LogP contribution is -2.28. The number of benzene rings is 2. The monoisotopic (exact) mass is 374 g/mol. The van der Waals surface area contributed by atoms with Crippen LogP contribution in [0.5, 0.6) is 0 Å². The molecule has 1 aliphatic carbocycles. The fraction of sp³-hybridized carbons (Fsp3) is 0.263. The molecule has 134 valence electrons. The molecular weight excluding hydrogens is 358 g/mol. The number of hydrogen-bond acceptors (Lipinski definition) is 3. The first-order chi connectivity index (χ1) is 12.5. The molecule has 2 amide bonds. The van der Waals surface area contributed by atoms with Crippen LogP contribution in [0.15, 0.2) is 42.5 Å². The molecule has 26 heavy (non-hydrogen) atoms. The van der Waals surface area contributed by atoms with Gasteiger partial charge in [0.05, 0.1) is 11.4 Å². The average Bonchev–Trinajstić information content (AvgIpc) is 3.39. The number of carbonyl (C=O) groups is 2. The highest BCUT2D eigenvalue weighted by molar-refractivity contribution is 8.00. The van der Waals surface area contributed by atoms with Crippen LogP contribution in [0.3, 0.4) is 0 Å². The van der Waals surface area contributed by atoms with Gasteiger partial charge in [-0.3, -0.25) is 14.5 Å². The van der Waals surface area contributed by atoms with Crippen LogP contribution >= 0.6 is 11.8 Å². The number of carbonyl (C=O) groups excluding carboxylic acids is 2. The summed E-state index contributed by atoms with van der Waals surface area (Å²) in [5.74, 6) is -1.40. The Morgan fingerprint density at radius 2 is 1.96 bits per heavy atom. The van der Waals surface area contributed by atoms with Crippen molar-refractivity contribution in [2.24, 2.45) is 5.92 Å². The van der Waals surface area contributed by atoms with Crippen LogP contribution in [-0.2, 0) is 9.59 Å². The van der Waals surface area contributed by atoms with E-state index in [1.165, 1.54) is 22.7 Å². The maximum atomic E-state index is 14.2. The normalized spacial score (nSPS) is 19.7.